The molecular formula is C25H21F4N3OS. The van der Waals surface area contributed by atoms with Crippen LogP contribution in [-0.4, -0.2) is 15.6 Å². The van der Waals surface area contributed by atoms with Gasteiger partial charge in [0.15, 0.2) is 0 Å². The van der Waals surface area contributed by atoms with Gasteiger partial charge < -0.3 is 5.32 Å². The predicted molar refractivity (Wildman–Crippen MR) is 123 cm³/mol. The molecule has 0 aliphatic heterocycles. The Bertz CT molecular complexity index is 1390. The van der Waals surface area contributed by atoms with Gasteiger partial charge in [-0.1, -0.05) is 30.3 Å². The van der Waals surface area contributed by atoms with E-state index >= 15 is 0 Å². The topological polar surface area (TPSA) is 46.9 Å². The van der Waals surface area contributed by atoms with Gasteiger partial charge in [-0.3, -0.25) is 9.36 Å². The van der Waals surface area contributed by atoms with E-state index < -0.39 is 11.7 Å². The Morgan fingerprint density at radius 3 is 2.68 bits per heavy atom. The molecule has 0 unspecified atom stereocenters. The SMILES string of the molecule is O=c1c2c3c(sc2ncn1Cc1ccc(F)cc1)C[C@H](NCc1cccc(C(F)(F)F)c1)CC3. The highest BCUT2D eigenvalue weighted by Gasteiger charge is 2.30. The van der Waals surface area contributed by atoms with Crippen molar-refractivity contribution in [1.29, 1.82) is 0 Å². The standard InChI is InChI=1S/C25H21F4N3OS/c26-18-6-4-15(5-7-18)13-32-14-31-23-22(24(32)33)20-9-8-19(11-21(20)34-23)30-12-16-2-1-3-17(10-16)25(27,28)29/h1-7,10,14,19,30H,8-9,11-13H2/t19-/m1/s1. The summed E-state index contributed by atoms with van der Waals surface area (Å²) in [6.45, 7) is 0.658. The van der Waals surface area contributed by atoms with Crippen molar-refractivity contribution in [3.63, 3.8) is 0 Å². The van der Waals surface area contributed by atoms with Gasteiger partial charge in [0.05, 0.1) is 23.8 Å². The maximum Gasteiger partial charge on any atom is 0.416 e. The van der Waals surface area contributed by atoms with E-state index in [9.17, 15) is 22.4 Å². The van der Waals surface area contributed by atoms with Crippen LogP contribution in [0, 0.1) is 5.82 Å². The molecule has 0 radical (unpaired) electrons. The van der Waals surface area contributed by atoms with Gasteiger partial charge in [0, 0.05) is 17.5 Å². The Labute approximate surface area is 196 Å². The zero-order valence-corrected chi connectivity index (χ0v) is 18.8. The molecule has 1 atom stereocenters. The fraction of sp³-hybridized carbons (Fsp3) is 0.280. The number of thiophene rings is 1. The van der Waals surface area contributed by atoms with E-state index in [4.69, 9.17) is 0 Å². The fourth-order valence-corrected chi connectivity index (χ4v) is 5.65. The number of fused-ring (bicyclic) bond motifs is 3. The lowest BCUT2D eigenvalue weighted by molar-refractivity contribution is -0.137. The van der Waals surface area contributed by atoms with Gasteiger partial charge in [-0.05, 0) is 54.2 Å². The van der Waals surface area contributed by atoms with Crippen molar-refractivity contribution in [2.75, 3.05) is 0 Å². The van der Waals surface area contributed by atoms with Crippen molar-refractivity contribution in [3.8, 4) is 0 Å². The van der Waals surface area contributed by atoms with Crippen LogP contribution in [-0.2, 0) is 32.1 Å². The first-order valence-corrected chi connectivity index (χ1v) is 11.7. The molecule has 0 bridgehead atoms. The lowest BCUT2D eigenvalue weighted by atomic mass is 9.93. The molecular weight excluding hydrogens is 466 g/mol. The van der Waals surface area contributed by atoms with Crippen LogP contribution in [0.25, 0.3) is 10.2 Å². The number of nitrogens with zero attached hydrogens (tertiary/aromatic N) is 2. The monoisotopic (exact) mass is 487 g/mol. The normalized spacial score (nSPS) is 16.1. The molecule has 2 aromatic carbocycles. The molecule has 0 saturated heterocycles. The van der Waals surface area contributed by atoms with Gasteiger partial charge in [0.2, 0.25) is 0 Å². The molecule has 0 saturated carbocycles. The summed E-state index contributed by atoms with van der Waals surface area (Å²) in [7, 11) is 0. The third-order valence-corrected chi connectivity index (χ3v) is 7.31. The van der Waals surface area contributed by atoms with Crippen molar-refractivity contribution < 1.29 is 17.6 Å². The van der Waals surface area contributed by atoms with E-state index in [1.165, 1.54) is 41.9 Å². The molecule has 0 spiro atoms. The third-order valence-electron chi connectivity index (χ3n) is 6.15. The van der Waals surface area contributed by atoms with Crippen LogP contribution in [0.4, 0.5) is 17.6 Å². The van der Waals surface area contributed by atoms with Gasteiger partial charge in [0.1, 0.15) is 10.6 Å². The van der Waals surface area contributed by atoms with Crippen molar-refractivity contribution in [2.24, 2.45) is 0 Å². The number of halogens is 4. The number of hydrogen-bond donors (Lipinski definition) is 1. The summed E-state index contributed by atoms with van der Waals surface area (Å²) in [5, 5.41) is 4.01. The second-order valence-electron chi connectivity index (χ2n) is 8.51. The molecule has 2 heterocycles. The fourth-order valence-electron chi connectivity index (χ4n) is 4.39. The first kappa shape index (κ1) is 22.7. The summed E-state index contributed by atoms with van der Waals surface area (Å²) < 4.78 is 53.6. The lowest BCUT2D eigenvalue weighted by Crippen LogP contribution is -2.34. The zero-order valence-electron chi connectivity index (χ0n) is 18.0. The third kappa shape index (κ3) is 4.63. The average Bonchev–Trinajstić information content (AvgIpc) is 3.19. The highest BCUT2D eigenvalue weighted by molar-refractivity contribution is 7.18. The molecule has 0 amide bonds. The van der Waals surface area contributed by atoms with Gasteiger partial charge in [-0.25, -0.2) is 9.37 Å². The van der Waals surface area contributed by atoms with Crippen LogP contribution in [0.5, 0.6) is 0 Å². The zero-order chi connectivity index (χ0) is 23.9. The Kier molecular flexibility index (Phi) is 5.99. The molecule has 0 fully saturated rings. The van der Waals surface area contributed by atoms with E-state index in [1.54, 1.807) is 22.8 Å². The number of aromatic nitrogens is 2. The van der Waals surface area contributed by atoms with Gasteiger partial charge >= 0.3 is 6.18 Å². The first-order chi connectivity index (χ1) is 16.3. The van der Waals surface area contributed by atoms with Crippen LogP contribution < -0.4 is 10.9 Å². The van der Waals surface area contributed by atoms with E-state index in [2.05, 4.69) is 10.3 Å². The summed E-state index contributed by atoms with van der Waals surface area (Å²) in [6, 6.07) is 11.5. The Hall–Kier alpha value is -3.04. The Morgan fingerprint density at radius 2 is 1.91 bits per heavy atom. The minimum atomic E-state index is -4.36. The highest BCUT2D eigenvalue weighted by atomic mass is 32.1. The summed E-state index contributed by atoms with van der Waals surface area (Å²) in [4.78, 5) is 19.5. The van der Waals surface area contributed by atoms with E-state index in [-0.39, 0.29) is 17.4 Å². The minimum Gasteiger partial charge on any atom is -0.310 e. The number of alkyl halides is 3. The number of rotatable bonds is 5. The summed E-state index contributed by atoms with van der Waals surface area (Å²) in [6.07, 6.45) is -0.646. The quantitative estimate of drug-likeness (QED) is 0.388. The lowest BCUT2D eigenvalue weighted by Gasteiger charge is -2.23. The van der Waals surface area contributed by atoms with Crippen LogP contribution in [0.1, 0.15) is 33.6 Å². The molecule has 4 nitrogen and oxygen atoms in total. The van der Waals surface area contributed by atoms with Crippen LogP contribution in [0.3, 0.4) is 0 Å². The second-order valence-corrected chi connectivity index (χ2v) is 9.59. The van der Waals surface area contributed by atoms with Crippen LogP contribution in [0.2, 0.25) is 0 Å². The largest absolute Gasteiger partial charge is 0.416 e. The summed E-state index contributed by atoms with van der Waals surface area (Å²) in [5.41, 5.74) is 1.66. The minimum absolute atomic E-state index is 0.108. The maximum atomic E-state index is 13.2. The highest BCUT2D eigenvalue weighted by Crippen LogP contribution is 2.34. The summed E-state index contributed by atoms with van der Waals surface area (Å²) >= 11 is 1.50. The van der Waals surface area contributed by atoms with E-state index in [0.717, 1.165) is 28.5 Å². The molecule has 1 aliphatic rings. The molecule has 176 valence electrons. The van der Waals surface area contributed by atoms with Gasteiger partial charge in [-0.15, -0.1) is 11.3 Å². The van der Waals surface area contributed by atoms with Gasteiger partial charge in [0.25, 0.3) is 5.56 Å². The van der Waals surface area contributed by atoms with E-state index in [0.29, 0.717) is 41.7 Å². The van der Waals surface area contributed by atoms with Crippen molar-refractivity contribution in [1.82, 2.24) is 14.9 Å². The molecule has 1 N–H and O–H groups in total. The van der Waals surface area contributed by atoms with Gasteiger partial charge in [-0.2, -0.15) is 13.2 Å². The van der Waals surface area contributed by atoms with Crippen LogP contribution >= 0.6 is 11.3 Å². The van der Waals surface area contributed by atoms with Crippen molar-refractivity contribution in [3.05, 3.63) is 98.2 Å². The molecule has 9 heteroatoms. The Morgan fingerprint density at radius 1 is 1.12 bits per heavy atom. The molecule has 1 aliphatic carbocycles. The molecule has 34 heavy (non-hydrogen) atoms. The molecule has 4 aromatic rings. The number of hydrogen-bond acceptors (Lipinski definition) is 4. The smallest absolute Gasteiger partial charge is 0.310 e. The van der Waals surface area contributed by atoms with Crippen molar-refractivity contribution in [2.45, 2.75) is 44.6 Å². The second kappa shape index (κ2) is 8.96. The molecule has 2 aromatic heterocycles. The molecule has 5 rings (SSSR count). The van der Waals surface area contributed by atoms with Crippen molar-refractivity contribution >= 4 is 21.6 Å². The number of nitrogens with one attached hydrogen (secondary N) is 1. The predicted octanol–water partition coefficient (Wildman–Crippen LogP) is 5.31. The number of aryl methyl sites for hydroxylation is 1. The van der Waals surface area contributed by atoms with Crippen LogP contribution in [0.15, 0.2) is 59.7 Å². The summed E-state index contributed by atoms with van der Waals surface area (Å²) in [5.74, 6) is -0.326. The average molecular weight is 488 g/mol. The maximum absolute atomic E-state index is 13.2. The number of benzene rings is 2. The Balaban J connectivity index is 1.32. The van der Waals surface area contributed by atoms with E-state index in [1.807, 2.05) is 0 Å². The first-order valence-electron chi connectivity index (χ1n) is 10.9.